The second-order valence-corrected chi connectivity index (χ2v) is 7.95. The Morgan fingerprint density at radius 3 is 2.35 bits per heavy atom. The number of nitrogens with one attached hydrogen (secondary N) is 1. The molecule has 6 heteroatoms. The van der Waals surface area contributed by atoms with E-state index in [4.69, 9.17) is 17.3 Å². The largest absolute Gasteiger partial charge is 0.398 e. The first kappa shape index (κ1) is 15.6. The SMILES string of the molecule is CC1CC(C)CC(NS(=O)(=O)c2c(N)cccc2Cl)C1. The second kappa shape index (κ2) is 5.92. The van der Waals surface area contributed by atoms with Crippen LogP contribution in [-0.4, -0.2) is 14.5 Å². The van der Waals surface area contributed by atoms with E-state index in [9.17, 15) is 8.42 Å². The number of hydrogen-bond donors (Lipinski definition) is 2. The van der Waals surface area contributed by atoms with Crippen LogP contribution in [0.25, 0.3) is 0 Å². The molecule has 2 rings (SSSR count). The molecule has 0 saturated heterocycles. The van der Waals surface area contributed by atoms with Gasteiger partial charge in [-0.3, -0.25) is 0 Å². The summed E-state index contributed by atoms with van der Waals surface area (Å²) in [5, 5.41) is 0.161. The van der Waals surface area contributed by atoms with Gasteiger partial charge in [0.05, 0.1) is 10.7 Å². The summed E-state index contributed by atoms with van der Waals surface area (Å²) >= 11 is 5.99. The van der Waals surface area contributed by atoms with Crippen LogP contribution in [0.3, 0.4) is 0 Å². The Morgan fingerprint density at radius 2 is 1.80 bits per heavy atom. The van der Waals surface area contributed by atoms with E-state index in [1.54, 1.807) is 18.2 Å². The standard InChI is InChI=1S/C14H21ClN2O2S/c1-9-6-10(2)8-11(7-9)17-20(18,19)14-12(15)4-3-5-13(14)16/h3-5,9-11,17H,6-8,16H2,1-2H3. The van der Waals surface area contributed by atoms with Gasteiger partial charge in [-0.05, 0) is 43.2 Å². The van der Waals surface area contributed by atoms with Gasteiger partial charge in [-0.2, -0.15) is 0 Å². The zero-order valence-electron chi connectivity index (χ0n) is 11.8. The van der Waals surface area contributed by atoms with Gasteiger partial charge < -0.3 is 5.73 Å². The topological polar surface area (TPSA) is 72.2 Å². The van der Waals surface area contributed by atoms with Crippen molar-refractivity contribution >= 4 is 27.3 Å². The van der Waals surface area contributed by atoms with E-state index in [1.807, 2.05) is 0 Å². The summed E-state index contributed by atoms with van der Waals surface area (Å²) in [5.74, 6) is 1.05. The predicted molar refractivity (Wildman–Crippen MR) is 82.2 cm³/mol. The third-order valence-corrected chi connectivity index (χ3v) is 5.83. The molecule has 2 atom stereocenters. The Kier molecular flexibility index (Phi) is 4.62. The minimum Gasteiger partial charge on any atom is -0.398 e. The molecule has 0 bridgehead atoms. The molecule has 20 heavy (non-hydrogen) atoms. The molecule has 0 amide bonds. The van der Waals surface area contributed by atoms with Crippen LogP contribution >= 0.6 is 11.6 Å². The fourth-order valence-corrected chi connectivity index (χ4v) is 5.07. The maximum Gasteiger partial charge on any atom is 0.244 e. The summed E-state index contributed by atoms with van der Waals surface area (Å²) < 4.78 is 27.7. The minimum absolute atomic E-state index is 0.00690. The maximum atomic E-state index is 12.5. The lowest BCUT2D eigenvalue weighted by Gasteiger charge is -2.31. The molecule has 0 aromatic heterocycles. The van der Waals surface area contributed by atoms with Crippen LogP contribution in [0.15, 0.2) is 23.1 Å². The van der Waals surface area contributed by atoms with Gasteiger partial charge in [0.1, 0.15) is 4.90 Å². The first-order valence-corrected chi connectivity index (χ1v) is 8.72. The molecule has 0 spiro atoms. The lowest BCUT2D eigenvalue weighted by Crippen LogP contribution is -2.40. The first-order chi connectivity index (χ1) is 9.29. The van der Waals surface area contributed by atoms with E-state index in [0.29, 0.717) is 11.8 Å². The van der Waals surface area contributed by atoms with E-state index in [1.165, 1.54) is 0 Å². The van der Waals surface area contributed by atoms with Crippen molar-refractivity contribution in [2.75, 3.05) is 5.73 Å². The van der Waals surface area contributed by atoms with Crippen molar-refractivity contribution in [3.8, 4) is 0 Å². The molecule has 0 heterocycles. The highest BCUT2D eigenvalue weighted by Crippen LogP contribution is 2.31. The molecule has 4 nitrogen and oxygen atoms in total. The van der Waals surface area contributed by atoms with Crippen molar-refractivity contribution < 1.29 is 8.42 Å². The zero-order chi connectivity index (χ0) is 14.9. The Bertz CT molecular complexity index is 559. The first-order valence-electron chi connectivity index (χ1n) is 6.86. The van der Waals surface area contributed by atoms with Crippen molar-refractivity contribution in [2.24, 2.45) is 11.8 Å². The van der Waals surface area contributed by atoms with Gasteiger partial charge in [0.15, 0.2) is 0 Å². The Labute approximate surface area is 125 Å². The zero-order valence-corrected chi connectivity index (χ0v) is 13.3. The fraction of sp³-hybridized carbons (Fsp3) is 0.571. The third-order valence-electron chi connectivity index (χ3n) is 3.77. The van der Waals surface area contributed by atoms with Crippen LogP contribution < -0.4 is 10.5 Å². The molecule has 0 aliphatic heterocycles. The summed E-state index contributed by atoms with van der Waals surface area (Å²) in [4.78, 5) is -0.00690. The highest BCUT2D eigenvalue weighted by Gasteiger charge is 2.29. The average Bonchev–Trinajstić information content (AvgIpc) is 2.25. The van der Waals surface area contributed by atoms with Gasteiger partial charge in [0, 0.05) is 6.04 Å². The second-order valence-electron chi connectivity index (χ2n) is 5.89. The molecule has 1 fully saturated rings. The van der Waals surface area contributed by atoms with Crippen LogP contribution in [0, 0.1) is 11.8 Å². The number of hydrogen-bond acceptors (Lipinski definition) is 3. The van der Waals surface area contributed by atoms with Crippen LogP contribution in [0.1, 0.15) is 33.1 Å². The summed E-state index contributed by atoms with van der Waals surface area (Å²) in [6, 6.07) is 4.68. The molecule has 1 aliphatic rings. The lowest BCUT2D eigenvalue weighted by molar-refractivity contribution is 0.258. The van der Waals surface area contributed by atoms with Crippen LogP contribution in [0.2, 0.25) is 5.02 Å². The van der Waals surface area contributed by atoms with Crippen LogP contribution in [-0.2, 0) is 10.0 Å². The lowest BCUT2D eigenvalue weighted by atomic mass is 9.81. The monoisotopic (exact) mass is 316 g/mol. The summed E-state index contributed by atoms with van der Waals surface area (Å²) in [6.07, 6.45) is 2.86. The van der Waals surface area contributed by atoms with Gasteiger partial charge in [-0.25, -0.2) is 13.1 Å². The van der Waals surface area contributed by atoms with Gasteiger partial charge in [-0.15, -0.1) is 0 Å². The number of benzene rings is 1. The summed E-state index contributed by atoms with van der Waals surface area (Å²) in [7, 11) is -3.68. The highest BCUT2D eigenvalue weighted by atomic mass is 35.5. The molecule has 0 radical (unpaired) electrons. The van der Waals surface area contributed by atoms with Gasteiger partial charge >= 0.3 is 0 Å². The fourth-order valence-electron chi connectivity index (χ4n) is 3.13. The summed E-state index contributed by atoms with van der Waals surface area (Å²) in [6.45, 7) is 4.31. The normalized spacial score (nSPS) is 27.4. The molecule has 2 unspecified atom stereocenters. The Hall–Kier alpha value is -0.780. The number of halogens is 1. The number of nitrogen functional groups attached to an aromatic ring is 1. The van der Waals surface area contributed by atoms with Crippen molar-refractivity contribution in [1.82, 2.24) is 4.72 Å². The van der Waals surface area contributed by atoms with Crippen LogP contribution in [0.4, 0.5) is 5.69 Å². The molecular weight excluding hydrogens is 296 g/mol. The number of anilines is 1. The average molecular weight is 317 g/mol. The Balaban J connectivity index is 2.23. The van der Waals surface area contributed by atoms with E-state index in [0.717, 1.165) is 19.3 Å². The maximum absolute atomic E-state index is 12.5. The van der Waals surface area contributed by atoms with Crippen molar-refractivity contribution in [1.29, 1.82) is 0 Å². The van der Waals surface area contributed by atoms with Gasteiger partial charge in [-0.1, -0.05) is 31.5 Å². The van der Waals surface area contributed by atoms with E-state index in [-0.39, 0.29) is 21.6 Å². The Morgan fingerprint density at radius 1 is 1.20 bits per heavy atom. The molecule has 1 aromatic carbocycles. The van der Waals surface area contributed by atoms with Crippen molar-refractivity contribution in [2.45, 2.75) is 44.0 Å². The molecule has 1 aliphatic carbocycles. The number of nitrogens with two attached hydrogens (primary N) is 1. The van der Waals surface area contributed by atoms with E-state index < -0.39 is 10.0 Å². The molecule has 112 valence electrons. The van der Waals surface area contributed by atoms with E-state index in [2.05, 4.69) is 18.6 Å². The van der Waals surface area contributed by atoms with Gasteiger partial charge in [0.2, 0.25) is 10.0 Å². The molecule has 1 aromatic rings. The quantitative estimate of drug-likeness (QED) is 0.842. The van der Waals surface area contributed by atoms with E-state index >= 15 is 0 Å². The molecule has 3 N–H and O–H groups in total. The van der Waals surface area contributed by atoms with Crippen molar-refractivity contribution in [3.63, 3.8) is 0 Å². The molecule has 1 saturated carbocycles. The van der Waals surface area contributed by atoms with Crippen LogP contribution in [0.5, 0.6) is 0 Å². The smallest absolute Gasteiger partial charge is 0.244 e. The van der Waals surface area contributed by atoms with Gasteiger partial charge in [0.25, 0.3) is 0 Å². The highest BCUT2D eigenvalue weighted by molar-refractivity contribution is 7.89. The molecular formula is C14H21ClN2O2S. The summed E-state index contributed by atoms with van der Waals surface area (Å²) in [5.41, 5.74) is 5.95. The predicted octanol–water partition coefficient (Wildman–Crippen LogP) is 3.03. The third kappa shape index (κ3) is 3.45. The minimum atomic E-state index is -3.68. The number of sulfonamides is 1. The number of rotatable bonds is 3. The van der Waals surface area contributed by atoms with Crippen molar-refractivity contribution in [3.05, 3.63) is 23.2 Å².